The number of amides is 1. The fraction of sp³-hybridized carbons (Fsp3) is 0.263. The molecule has 0 unspecified atom stereocenters. The Balaban J connectivity index is 1.53. The van der Waals surface area contributed by atoms with Crippen molar-refractivity contribution in [1.29, 1.82) is 0 Å². The lowest BCUT2D eigenvalue weighted by molar-refractivity contribution is 0.0996. The number of fused-ring (bicyclic) bond motifs is 2. The molecule has 0 radical (unpaired) electrons. The summed E-state index contributed by atoms with van der Waals surface area (Å²) in [4.78, 5) is 19.1. The SMILES string of the molecule is O=C1c2ccccc2CN1c1cccc(-c2nnc3n2[C@@H](CO)CC3)n1. The minimum atomic E-state index is -0.0371. The first kappa shape index (κ1) is 15.2. The Morgan fingerprint density at radius 1 is 1.12 bits per heavy atom. The van der Waals surface area contributed by atoms with Gasteiger partial charge in [0.1, 0.15) is 17.3 Å². The number of aliphatic hydroxyl groups is 1. The zero-order chi connectivity index (χ0) is 17.7. The van der Waals surface area contributed by atoms with Gasteiger partial charge in [0.2, 0.25) is 0 Å². The van der Waals surface area contributed by atoms with Crippen molar-refractivity contribution in [2.45, 2.75) is 25.4 Å². The molecule has 4 heterocycles. The average Bonchev–Trinajstić information content (AvgIpc) is 3.36. The van der Waals surface area contributed by atoms with Crippen LogP contribution in [0, 0.1) is 0 Å². The van der Waals surface area contributed by atoms with E-state index < -0.39 is 0 Å². The Morgan fingerprint density at radius 3 is 2.85 bits per heavy atom. The molecule has 2 aromatic heterocycles. The predicted molar refractivity (Wildman–Crippen MR) is 94.7 cm³/mol. The van der Waals surface area contributed by atoms with E-state index in [1.165, 1.54) is 0 Å². The lowest BCUT2D eigenvalue weighted by Crippen LogP contribution is -2.24. The maximum atomic E-state index is 12.7. The number of aromatic nitrogens is 4. The number of benzene rings is 1. The van der Waals surface area contributed by atoms with Crippen LogP contribution in [0.3, 0.4) is 0 Å². The number of nitrogens with zero attached hydrogens (tertiary/aromatic N) is 5. The molecule has 0 aliphatic carbocycles. The molecule has 1 N–H and O–H groups in total. The van der Waals surface area contributed by atoms with Gasteiger partial charge in [-0.1, -0.05) is 24.3 Å². The molecular weight excluding hydrogens is 330 g/mol. The van der Waals surface area contributed by atoms with E-state index in [1.54, 1.807) is 4.90 Å². The Kier molecular flexibility index (Phi) is 3.36. The van der Waals surface area contributed by atoms with Crippen molar-refractivity contribution >= 4 is 11.7 Å². The minimum absolute atomic E-state index is 0.0156. The number of rotatable bonds is 3. The molecule has 1 amide bonds. The maximum Gasteiger partial charge on any atom is 0.260 e. The zero-order valence-electron chi connectivity index (χ0n) is 14.0. The van der Waals surface area contributed by atoms with Crippen LogP contribution in [0.25, 0.3) is 11.5 Å². The van der Waals surface area contributed by atoms with Crippen LogP contribution in [0.4, 0.5) is 5.82 Å². The molecule has 26 heavy (non-hydrogen) atoms. The molecule has 0 fully saturated rings. The molecule has 1 atom stereocenters. The van der Waals surface area contributed by atoms with E-state index in [1.807, 2.05) is 47.0 Å². The van der Waals surface area contributed by atoms with Crippen LogP contribution in [0.1, 0.15) is 34.2 Å². The third-order valence-electron chi connectivity index (χ3n) is 5.10. The molecule has 7 nitrogen and oxygen atoms in total. The standard InChI is InChI=1S/C19H17N5O2/c25-11-13-8-9-17-21-22-18(24(13)17)15-6-3-7-16(20-15)23-10-12-4-1-2-5-14(12)19(23)26/h1-7,13,25H,8-11H2/t13-/m1/s1. The van der Waals surface area contributed by atoms with Crippen LogP contribution < -0.4 is 4.90 Å². The molecule has 2 aliphatic heterocycles. The first-order valence-corrected chi connectivity index (χ1v) is 8.68. The molecule has 0 spiro atoms. The number of aliphatic hydroxyl groups excluding tert-OH is 1. The fourth-order valence-electron chi connectivity index (χ4n) is 3.79. The van der Waals surface area contributed by atoms with Gasteiger partial charge in [0, 0.05) is 12.0 Å². The summed E-state index contributed by atoms with van der Waals surface area (Å²) in [6, 6.07) is 13.2. The Labute approximate surface area is 149 Å². The van der Waals surface area contributed by atoms with E-state index in [0.29, 0.717) is 23.9 Å². The molecule has 2 aliphatic rings. The van der Waals surface area contributed by atoms with Crippen molar-refractivity contribution in [2.24, 2.45) is 0 Å². The van der Waals surface area contributed by atoms with Crippen molar-refractivity contribution in [3.63, 3.8) is 0 Å². The van der Waals surface area contributed by atoms with Crippen molar-refractivity contribution in [2.75, 3.05) is 11.5 Å². The monoisotopic (exact) mass is 347 g/mol. The third kappa shape index (κ3) is 2.17. The van der Waals surface area contributed by atoms with Gasteiger partial charge in [-0.25, -0.2) is 4.98 Å². The molecule has 130 valence electrons. The van der Waals surface area contributed by atoms with Gasteiger partial charge in [0.25, 0.3) is 5.91 Å². The van der Waals surface area contributed by atoms with Crippen LogP contribution >= 0.6 is 0 Å². The second-order valence-electron chi connectivity index (χ2n) is 6.61. The highest BCUT2D eigenvalue weighted by molar-refractivity contribution is 6.09. The van der Waals surface area contributed by atoms with Gasteiger partial charge in [0.15, 0.2) is 5.82 Å². The topological polar surface area (TPSA) is 84.1 Å². The van der Waals surface area contributed by atoms with E-state index in [0.717, 1.165) is 29.8 Å². The summed E-state index contributed by atoms with van der Waals surface area (Å²) >= 11 is 0. The summed E-state index contributed by atoms with van der Waals surface area (Å²) in [6.07, 6.45) is 1.66. The Bertz CT molecular complexity index is 1010. The van der Waals surface area contributed by atoms with Crippen molar-refractivity contribution in [3.8, 4) is 11.5 Å². The van der Waals surface area contributed by atoms with Gasteiger partial charge >= 0.3 is 0 Å². The van der Waals surface area contributed by atoms with Crippen LogP contribution in [0.2, 0.25) is 0 Å². The van der Waals surface area contributed by atoms with E-state index in [9.17, 15) is 9.90 Å². The van der Waals surface area contributed by atoms with Gasteiger partial charge in [-0.2, -0.15) is 0 Å². The van der Waals surface area contributed by atoms with E-state index in [4.69, 9.17) is 0 Å². The van der Waals surface area contributed by atoms with Crippen LogP contribution in [-0.2, 0) is 13.0 Å². The molecule has 1 aromatic carbocycles. The van der Waals surface area contributed by atoms with E-state index >= 15 is 0 Å². The zero-order valence-corrected chi connectivity index (χ0v) is 14.0. The summed E-state index contributed by atoms with van der Waals surface area (Å²) in [7, 11) is 0. The largest absolute Gasteiger partial charge is 0.394 e. The van der Waals surface area contributed by atoms with Gasteiger partial charge in [-0.3, -0.25) is 9.69 Å². The van der Waals surface area contributed by atoms with Crippen LogP contribution in [-0.4, -0.2) is 37.4 Å². The average molecular weight is 347 g/mol. The third-order valence-corrected chi connectivity index (χ3v) is 5.10. The summed E-state index contributed by atoms with van der Waals surface area (Å²) < 4.78 is 1.96. The highest BCUT2D eigenvalue weighted by atomic mass is 16.3. The summed E-state index contributed by atoms with van der Waals surface area (Å²) in [5, 5.41) is 18.1. The molecule has 5 rings (SSSR count). The van der Waals surface area contributed by atoms with Gasteiger partial charge < -0.3 is 9.67 Å². The lowest BCUT2D eigenvalue weighted by Gasteiger charge is -2.16. The number of carbonyl (C=O) groups excluding carboxylic acids is 1. The second-order valence-corrected chi connectivity index (χ2v) is 6.61. The van der Waals surface area contributed by atoms with E-state index in [-0.39, 0.29) is 18.6 Å². The molecule has 3 aromatic rings. The maximum absolute atomic E-state index is 12.7. The van der Waals surface area contributed by atoms with Crippen LogP contribution in [0.15, 0.2) is 42.5 Å². The smallest absolute Gasteiger partial charge is 0.260 e. The summed E-state index contributed by atoms with van der Waals surface area (Å²) in [6.45, 7) is 0.570. The number of hydrogen-bond acceptors (Lipinski definition) is 5. The molecule has 0 saturated carbocycles. The highest BCUT2D eigenvalue weighted by Crippen LogP contribution is 2.32. The fourth-order valence-corrected chi connectivity index (χ4v) is 3.79. The first-order valence-electron chi connectivity index (χ1n) is 8.68. The minimum Gasteiger partial charge on any atom is -0.394 e. The number of anilines is 1. The van der Waals surface area contributed by atoms with Crippen LogP contribution in [0.5, 0.6) is 0 Å². The second kappa shape index (κ2) is 5.74. The first-order chi connectivity index (χ1) is 12.8. The lowest BCUT2D eigenvalue weighted by atomic mass is 10.1. The molecule has 0 saturated heterocycles. The quantitative estimate of drug-likeness (QED) is 0.783. The highest BCUT2D eigenvalue weighted by Gasteiger charge is 2.30. The number of hydrogen-bond donors (Lipinski definition) is 1. The Morgan fingerprint density at radius 2 is 2.00 bits per heavy atom. The van der Waals surface area contributed by atoms with Gasteiger partial charge in [-0.15, -0.1) is 10.2 Å². The van der Waals surface area contributed by atoms with Crippen molar-refractivity contribution in [1.82, 2.24) is 19.7 Å². The Hall–Kier alpha value is -3.06. The van der Waals surface area contributed by atoms with E-state index in [2.05, 4.69) is 15.2 Å². The summed E-state index contributed by atoms with van der Waals surface area (Å²) in [5.41, 5.74) is 2.39. The number of pyridine rings is 1. The van der Waals surface area contributed by atoms with Gasteiger partial charge in [-0.05, 0) is 30.2 Å². The molecule has 0 bridgehead atoms. The summed E-state index contributed by atoms with van der Waals surface area (Å²) in [5.74, 6) is 2.07. The van der Waals surface area contributed by atoms with Gasteiger partial charge in [0.05, 0.1) is 19.2 Å². The van der Waals surface area contributed by atoms with Crippen molar-refractivity contribution in [3.05, 3.63) is 59.4 Å². The predicted octanol–water partition coefficient (Wildman–Crippen LogP) is 1.98. The normalized spacial score (nSPS) is 18.3. The molecular formula is C19H17N5O2. The number of aryl methyl sites for hydroxylation is 1. The number of carbonyl (C=O) groups is 1. The molecule has 7 heteroatoms. The van der Waals surface area contributed by atoms with Crippen molar-refractivity contribution < 1.29 is 9.90 Å².